The van der Waals surface area contributed by atoms with Crippen molar-refractivity contribution in [3.63, 3.8) is 0 Å². The van der Waals surface area contributed by atoms with E-state index in [1.54, 1.807) is 6.07 Å². The average molecular weight is 381 g/mol. The Morgan fingerprint density at radius 2 is 1.82 bits per heavy atom. The summed E-state index contributed by atoms with van der Waals surface area (Å²) in [6.07, 6.45) is 6.00. The lowest BCUT2D eigenvalue weighted by molar-refractivity contribution is -0.121. The van der Waals surface area contributed by atoms with Gasteiger partial charge in [0.25, 0.3) is 5.91 Å². The number of nitrogens with zero attached hydrogens (tertiary/aromatic N) is 3. The molecule has 0 spiro atoms. The monoisotopic (exact) mass is 381 g/mol. The van der Waals surface area contributed by atoms with E-state index < -0.39 is 0 Å². The fraction of sp³-hybridized carbons (Fsp3) is 0.429. The van der Waals surface area contributed by atoms with Crippen molar-refractivity contribution in [2.75, 3.05) is 26.2 Å². The number of aromatic nitrogens is 2. The van der Waals surface area contributed by atoms with Crippen LogP contribution in [-0.2, 0) is 4.79 Å². The SMILES string of the molecule is O=C1CC(c2ccccc2)NCCCCN(C(=O)c2ccnnc2)CCCN1. The Morgan fingerprint density at radius 3 is 2.61 bits per heavy atom. The van der Waals surface area contributed by atoms with Crippen LogP contribution in [-0.4, -0.2) is 53.1 Å². The molecule has 1 aliphatic heterocycles. The number of carbonyl (C=O) groups excluding carboxylic acids is 2. The fourth-order valence-electron chi connectivity index (χ4n) is 3.37. The molecule has 2 aromatic rings. The van der Waals surface area contributed by atoms with E-state index in [4.69, 9.17) is 0 Å². The van der Waals surface area contributed by atoms with Crippen LogP contribution in [0.25, 0.3) is 0 Å². The predicted molar refractivity (Wildman–Crippen MR) is 107 cm³/mol. The maximum Gasteiger partial charge on any atom is 0.255 e. The molecule has 0 saturated carbocycles. The zero-order valence-electron chi connectivity index (χ0n) is 16.0. The van der Waals surface area contributed by atoms with Crippen molar-refractivity contribution < 1.29 is 9.59 Å². The van der Waals surface area contributed by atoms with Crippen LogP contribution in [0.1, 0.15) is 47.6 Å². The van der Waals surface area contributed by atoms with Crippen molar-refractivity contribution in [3.05, 3.63) is 59.9 Å². The molecule has 3 rings (SSSR count). The Morgan fingerprint density at radius 1 is 1.00 bits per heavy atom. The van der Waals surface area contributed by atoms with Crippen molar-refractivity contribution >= 4 is 11.8 Å². The smallest absolute Gasteiger partial charge is 0.255 e. The summed E-state index contributed by atoms with van der Waals surface area (Å²) in [5.74, 6) is -0.0111. The van der Waals surface area contributed by atoms with Crippen LogP contribution in [0.2, 0.25) is 0 Å². The Hall–Kier alpha value is -2.80. The Labute approximate surface area is 165 Å². The number of amides is 2. The maximum absolute atomic E-state index is 12.7. The molecule has 1 atom stereocenters. The molecule has 1 aliphatic rings. The number of benzene rings is 1. The van der Waals surface area contributed by atoms with Crippen LogP contribution in [0.5, 0.6) is 0 Å². The molecular weight excluding hydrogens is 354 g/mol. The number of carbonyl (C=O) groups is 2. The highest BCUT2D eigenvalue weighted by Gasteiger charge is 2.18. The molecule has 0 bridgehead atoms. The number of nitrogens with one attached hydrogen (secondary N) is 2. The van der Waals surface area contributed by atoms with E-state index in [0.717, 1.165) is 31.4 Å². The van der Waals surface area contributed by atoms with Gasteiger partial charge < -0.3 is 15.5 Å². The van der Waals surface area contributed by atoms with Crippen LogP contribution in [0.4, 0.5) is 0 Å². The van der Waals surface area contributed by atoms with E-state index in [1.807, 2.05) is 35.2 Å². The van der Waals surface area contributed by atoms with Gasteiger partial charge in [-0.05, 0) is 37.4 Å². The minimum absolute atomic E-state index is 0.00239. The Balaban J connectivity index is 1.63. The van der Waals surface area contributed by atoms with Gasteiger partial charge in [0.2, 0.25) is 5.91 Å². The third-order valence-electron chi connectivity index (χ3n) is 4.88. The summed E-state index contributed by atoms with van der Waals surface area (Å²) in [6.45, 7) is 2.65. The lowest BCUT2D eigenvalue weighted by Crippen LogP contribution is -2.35. The van der Waals surface area contributed by atoms with Crippen LogP contribution in [0, 0.1) is 0 Å². The van der Waals surface area contributed by atoms with Crippen LogP contribution in [0.15, 0.2) is 48.8 Å². The first-order valence-corrected chi connectivity index (χ1v) is 9.85. The molecular formula is C21H27N5O2. The second-order valence-corrected chi connectivity index (χ2v) is 6.96. The van der Waals surface area contributed by atoms with Gasteiger partial charge in [0.1, 0.15) is 0 Å². The van der Waals surface area contributed by atoms with Crippen LogP contribution >= 0.6 is 0 Å². The lowest BCUT2D eigenvalue weighted by atomic mass is 10.0. The fourth-order valence-corrected chi connectivity index (χ4v) is 3.37. The van der Waals surface area contributed by atoms with Crippen molar-refractivity contribution in [3.8, 4) is 0 Å². The number of hydrogen-bond donors (Lipinski definition) is 2. The number of rotatable bonds is 2. The van der Waals surface area contributed by atoms with E-state index in [-0.39, 0.29) is 17.9 Å². The van der Waals surface area contributed by atoms with Gasteiger partial charge in [-0.1, -0.05) is 30.3 Å². The molecule has 2 N–H and O–H groups in total. The normalized spacial score (nSPS) is 19.6. The molecule has 1 saturated heterocycles. The van der Waals surface area contributed by atoms with Crippen molar-refractivity contribution in [2.24, 2.45) is 0 Å². The second-order valence-electron chi connectivity index (χ2n) is 6.96. The van der Waals surface area contributed by atoms with E-state index in [1.165, 1.54) is 12.4 Å². The Kier molecular flexibility index (Phi) is 7.49. The van der Waals surface area contributed by atoms with Crippen LogP contribution < -0.4 is 10.6 Å². The highest BCUT2D eigenvalue weighted by molar-refractivity contribution is 5.93. The van der Waals surface area contributed by atoms with Crippen molar-refractivity contribution in [1.82, 2.24) is 25.7 Å². The molecule has 7 heteroatoms. The quantitative estimate of drug-likeness (QED) is 0.830. The molecule has 1 unspecified atom stereocenters. The third-order valence-corrected chi connectivity index (χ3v) is 4.88. The summed E-state index contributed by atoms with van der Waals surface area (Å²) in [7, 11) is 0. The molecule has 1 aromatic carbocycles. The summed E-state index contributed by atoms with van der Waals surface area (Å²) in [6, 6.07) is 11.7. The first-order chi connectivity index (χ1) is 13.7. The standard InChI is InChI=1S/C21H27N5O2/c27-20-15-19(17-7-2-1-3-8-17)22-10-4-5-13-26(14-6-11-23-20)21(28)18-9-12-24-25-16-18/h1-3,7-9,12,16,19,22H,4-6,10-11,13-15H2,(H,23,27). The second kappa shape index (κ2) is 10.5. The van der Waals surface area contributed by atoms with Gasteiger partial charge in [-0.25, -0.2) is 0 Å². The van der Waals surface area contributed by atoms with Gasteiger partial charge in [0.05, 0.1) is 18.0 Å². The van der Waals surface area contributed by atoms with Gasteiger partial charge in [-0.2, -0.15) is 10.2 Å². The minimum Gasteiger partial charge on any atom is -0.356 e. The van der Waals surface area contributed by atoms with E-state index >= 15 is 0 Å². The summed E-state index contributed by atoms with van der Waals surface area (Å²) >= 11 is 0. The summed E-state index contributed by atoms with van der Waals surface area (Å²) in [4.78, 5) is 26.9. The largest absolute Gasteiger partial charge is 0.356 e. The zero-order valence-corrected chi connectivity index (χ0v) is 16.0. The van der Waals surface area contributed by atoms with Gasteiger partial charge >= 0.3 is 0 Å². The summed E-state index contributed by atoms with van der Waals surface area (Å²) in [5.41, 5.74) is 1.67. The van der Waals surface area contributed by atoms with Gasteiger partial charge in [-0.3, -0.25) is 9.59 Å². The molecule has 2 amide bonds. The lowest BCUT2D eigenvalue weighted by Gasteiger charge is -2.22. The molecule has 0 aliphatic carbocycles. The average Bonchev–Trinajstić information content (AvgIpc) is 2.76. The van der Waals surface area contributed by atoms with E-state index in [0.29, 0.717) is 31.6 Å². The highest BCUT2D eigenvalue weighted by atomic mass is 16.2. The van der Waals surface area contributed by atoms with E-state index in [9.17, 15) is 9.59 Å². The predicted octanol–water partition coefficient (Wildman–Crippen LogP) is 1.94. The van der Waals surface area contributed by atoms with Crippen LogP contribution in [0.3, 0.4) is 0 Å². The molecule has 148 valence electrons. The third kappa shape index (κ3) is 5.85. The number of hydrogen-bond acceptors (Lipinski definition) is 5. The molecule has 2 heterocycles. The van der Waals surface area contributed by atoms with Gasteiger partial charge in [0.15, 0.2) is 0 Å². The zero-order chi connectivity index (χ0) is 19.6. The van der Waals surface area contributed by atoms with E-state index in [2.05, 4.69) is 20.8 Å². The first-order valence-electron chi connectivity index (χ1n) is 9.85. The first kappa shape index (κ1) is 19.9. The molecule has 0 radical (unpaired) electrons. The minimum atomic E-state index is -0.0359. The summed E-state index contributed by atoms with van der Waals surface area (Å²) in [5, 5.41) is 14.0. The molecule has 7 nitrogen and oxygen atoms in total. The highest BCUT2D eigenvalue weighted by Crippen LogP contribution is 2.17. The van der Waals surface area contributed by atoms with Crippen molar-refractivity contribution in [1.29, 1.82) is 0 Å². The molecule has 1 fully saturated rings. The molecule has 28 heavy (non-hydrogen) atoms. The van der Waals surface area contributed by atoms with Gasteiger partial charge in [0, 0.05) is 32.1 Å². The topological polar surface area (TPSA) is 87.2 Å². The Bertz CT molecular complexity index is 754. The van der Waals surface area contributed by atoms with Gasteiger partial charge in [-0.15, -0.1) is 0 Å². The maximum atomic E-state index is 12.7. The molecule has 1 aromatic heterocycles. The summed E-state index contributed by atoms with van der Waals surface area (Å²) < 4.78 is 0. The van der Waals surface area contributed by atoms with Crippen molar-refractivity contribution in [2.45, 2.75) is 31.7 Å².